The average molecular weight is 257 g/mol. The number of aromatic nitrogens is 1. The van der Waals surface area contributed by atoms with Gasteiger partial charge in [-0.2, -0.15) is 0 Å². The van der Waals surface area contributed by atoms with Gasteiger partial charge in [0.15, 0.2) is 5.82 Å². The largest absolute Gasteiger partial charge is 0.395 e. The third kappa shape index (κ3) is 2.26. The van der Waals surface area contributed by atoms with Crippen LogP contribution in [0.5, 0.6) is 0 Å². The van der Waals surface area contributed by atoms with E-state index < -0.39 is 6.17 Å². The second-order valence-corrected chi connectivity index (χ2v) is 4.79. The van der Waals surface area contributed by atoms with E-state index in [1.54, 1.807) is 6.20 Å². The van der Waals surface area contributed by atoms with Gasteiger partial charge in [-0.15, -0.1) is 0 Å². The smallest absolute Gasteiger partial charge is 0.152 e. The van der Waals surface area contributed by atoms with Crippen LogP contribution in [0.3, 0.4) is 0 Å². The van der Waals surface area contributed by atoms with Crippen LogP contribution in [0, 0.1) is 0 Å². The van der Waals surface area contributed by atoms with E-state index in [1.807, 2.05) is 41.3 Å². The fourth-order valence-electron chi connectivity index (χ4n) is 2.49. The van der Waals surface area contributed by atoms with Crippen molar-refractivity contribution in [2.45, 2.75) is 12.6 Å². The van der Waals surface area contributed by atoms with Crippen LogP contribution in [-0.2, 0) is 0 Å². The van der Waals surface area contributed by atoms with E-state index in [2.05, 4.69) is 4.98 Å². The lowest BCUT2D eigenvalue weighted by atomic mass is 10.1. The van der Waals surface area contributed by atoms with E-state index in [9.17, 15) is 4.39 Å². The Morgan fingerprint density at radius 3 is 2.68 bits per heavy atom. The lowest BCUT2D eigenvalue weighted by Gasteiger charge is -2.20. The number of pyridine rings is 1. The van der Waals surface area contributed by atoms with Gasteiger partial charge in [-0.05, 0) is 18.1 Å². The molecule has 19 heavy (non-hydrogen) atoms. The molecule has 0 aliphatic carbocycles. The molecule has 2 N–H and O–H groups in total. The number of hydrogen-bond donors (Lipinski definition) is 1. The quantitative estimate of drug-likeness (QED) is 0.899. The van der Waals surface area contributed by atoms with Gasteiger partial charge in [-0.3, -0.25) is 0 Å². The standard InChI is InChI=1S/C15H16FN3/c16-12-7-9-19(10-12)15-14(17)13(6-8-18-15)11-4-2-1-3-5-11/h1-6,8,12H,7,9-10,17H2/t12-/m0/s1. The van der Waals surface area contributed by atoms with Crippen molar-refractivity contribution in [1.29, 1.82) is 0 Å². The van der Waals surface area contributed by atoms with Gasteiger partial charge in [0, 0.05) is 18.3 Å². The van der Waals surface area contributed by atoms with E-state index in [0.717, 1.165) is 11.1 Å². The van der Waals surface area contributed by atoms with Gasteiger partial charge in [-0.25, -0.2) is 9.37 Å². The highest BCUT2D eigenvalue weighted by Gasteiger charge is 2.25. The molecular weight excluding hydrogens is 241 g/mol. The van der Waals surface area contributed by atoms with Gasteiger partial charge in [0.25, 0.3) is 0 Å². The third-order valence-electron chi connectivity index (χ3n) is 3.48. The molecule has 0 bridgehead atoms. The number of nitrogens with two attached hydrogens (primary N) is 1. The molecule has 3 nitrogen and oxygen atoms in total. The Morgan fingerprint density at radius 1 is 1.21 bits per heavy atom. The maximum atomic E-state index is 13.3. The normalized spacial score (nSPS) is 18.8. The van der Waals surface area contributed by atoms with Gasteiger partial charge in [0.05, 0.1) is 12.2 Å². The molecule has 1 aromatic heterocycles. The summed E-state index contributed by atoms with van der Waals surface area (Å²) in [7, 11) is 0. The minimum Gasteiger partial charge on any atom is -0.395 e. The lowest BCUT2D eigenvalue weighted by molar-refractivity contribution is 0.364. The van der Waals surface area contributed by atoms with Gasteiger partial charge in [0.2, 0.25) is 0 Å². The number of anilines is 2. The summed E-state index contributed by atoms with van der Waals surface area (Å²) in [6, 6.07) is 11.8. The second kappa shape index (κ2) is 4.88. The molecule has 3 rings (SSSR count). The lowest BCUT2D eigenvalue weighted by Crippen LogP contribution is -2.22. The molecule has 2 aromatic rings. The number of nitrogens with zero attached hydrogens (tertiary/aromatic N) is 2. The molecule has 2 heterocycles. The summed E-state index contributed by atoms with van der Waals surface area (Å²) in [4.78, 5) is 6.24. The first-order valence-corrected chi connectivity index (χ1v) is 6.44. The number of nitrogen functional groups attached to an aromatic ring is 1. The summed E-state index contributed by atoms with van der Waals surface area (Å²) in [5.41, 5.74) is 8.85. The van der Waals surface area contributed by atoms with Crippen molar-refractivity contribution in [3.63, 3.8) is 0 Å². The molecule has 4 heteroatoms. The Bertz CT molecular complexity index is 571. The number of halogens is 1. The highest BCUT2D eigenvalue weighted by atomic mass is 19.1. The molecule has 1 aliphatic rings. The summed E-state index contributed by atoms with van der Waals surface area (Å²) in [6.07, 6.45) is 1.51. The van der Waals surface area contributed by atoms with Crippen molar-refractivity contribution in [2.24, 2.45) is 0 Å². The predicted molar refractivity (Wildman–Crippen MR) is 75.8 cm³/mol. The summed E-state index contributed by atoms with van der Waals surface area (Å²) < 4.78 is 13.3. The Hall–Kier alpha value is -2.10. The van der Waals surface area contributed by atoms with Gasteiger partial charge < -0.3 is 10.6 Å². The SMILES string of the molecule is Nc1c(-c2ccccc2)ccnc1N1CC[C@H](F)C1. The maximum absolute atomic E-state index is 13.3. The minimum absolute atomic E-state index is 0.384. The van der Waals surface area contributed by atoms with Gasteiger partial charge >= 0.3 is 0 Å². The van der Waals surface area contributed by atoms with Crippen molar-refractivity contribution in [2.75, 3.05) is 23.7 Å². The monoisotopic (exact) mass is 257 g/mol. The fourth-order valence-corrected chi connectivity index (χ4v) is 2.49. The van der Waals surface area contributed by atoms with E-state index in [4.69, 9.17) is 5.73 Å². The molecular formula is C15H16FN3. The van der Waals surface area contributed by atoms with Crippen LogP contribution < -0.4 is 10.6 Å². The zero-order valence-electron chi connectivity index (χ0n) is 10.6. The van der Waals surface area contributed by atoms with Crippen LogP contribution in [0.1, 0.15) is 6.42 Å². The van der Waals surface area contributed by atoms with Crippen LogP contribution in [0.4, 0.5) is 15.9 Å². The summed E-state index contributed by atoms with van der Waals surface area (Å²) in [6.45, 7) is 1.06. The van der Waals surface area contributed by atoms with Gasteiger partial charge in [-0.1, -0.05) is 30.3 Å². The van der Waals surface area contributed by atoms with E-state index >= 15 is 0 Å². The number of alkyl halides is 1. The zero-order valence-corrected chi connectivity index (χ0v) is 10.6. The van der Waals surface area contributed by atoms with Crippen molar-refractivity contribution in [1.82, 2.24) is 4.98 Å². The van der Waals surface area contributed by atoms with E-state index in [-0.39, 0.29) is 0 Å². The third-order valence-corrected chi connectivity index (χ3v) is 3.48. The zero-order chi connectivity index (χ0) is 13.2. The molecule has 0 saturated carbocycles. The first-order valence-electron chi connectivity index (χ1n) is 6.44. The molecule has 0 unspecified atom stereocenters. The molecule has 0 amide bonds. The Balaban J connectivity index is 2.00. The first-order chi connectivity index (χ1) is 9.25. The molecule has 1 aliphatic heterocycles. The van der Waals surface area contributed by atoms with E-state index in [1.165, 1.54) is 0 Å². The number of benzene rings is 1. The van der Waals surface area contributed by atoms with Crippen LogP contribution in [-0.4, -0.2) is 24.2 Å². The summed E-state index contributed by atoms with van der Waals surface area (Å²) >= 11 is 0. The Labute approximate surface area is 111 Å². The highest BCUT2D eigenvalue weighted by molar-refractivity contribution is 5.83. The molecule has 1 saturated heterocycles. The molecule has 1 atom stereocenters. The summed E-state index contributed by atoms with van der Waals surface area (Å²) in [5.74, 6) is 0.696. The fraction of sp³-hybridized carbons (Fsp3) is 0.267. The Morgan fingerprint density at radius 2 is 2.00 bits per heavy atom. The summed E-state index contributed by atoms with van der Waals surface area (Å²) in [5, 5.41) is 0. The second-order valence-electron chi connectivity index (χ2n) is 4.79. The van der Waals surface area contributed by atoms with Crippen LogP contribution in [0.15, 0.2) is 42.6 Å². The van der Waals surface area contributed by atoms with Crippen LogP contribution in [0.2, 0.25) is 0 Å². The molecule has 1 fully saturated rings. The number of rotatable bonds is 2. The molecule has 0 radical (unpaired) electrons. The van der Waals surface area contributed by atoms with Gasteiger partial charge in [0.1, 0.15) is 6.17 Å². The van der Waals surface area contributed by atoms with Crippen molar-refractivity contribution < 1.29 is 4.39 Å². The van der Waals surface area contributed by atoms with Crippen LogP contribution in [0.25, 0.3) is 11.1 Å². The first kappa shape index (κ1) is 12.0. The molecule has 98 valence electrons. The molecule has 0 spiro atoms. The topological polar surface area (TPSA) is 42.1 Å². The minimum atomic E-state index is -0.776. The van der Waals surface area contributed by atoms with Crippen molar-refractivity contribution in [3.8, 4) is 11.1 Å². The van der Waals surface area contributed by atoms with Crippen molar-refractivity contribution in [3.05, 3.63) is 42.6 Å². The van der Waals surface area contributed by atoms with Crippen molar-refractivity contribution >= 4 is 11.5 Å². The van der Waals surface area contributed by atoms with E-state index in [0.29, 0.717) is 31.0 Å². The predicted octanol–water partition coefficient (Wildman–Crippen LogP) is 2.88. The number of hydrogen-bond acceptors (Lipinski definition) is 3. The maximum Gasteiger partial charge on any atom is 0.152 e. The molecule has 1 aromatic carbocycles. The Kier molecular flexibility index (Phi) is 3.07. The average Bonchev–Trinajstić information content (AvgIpc) is 2.86. The highest BCUT2D eigenvalue weighted by Crippen LogP contribution is 2.33. The van der Waals surface area contributed by atoms with Crippen LogP contribution >= 0.6 is 0 Å².